The Bertz CT molecular complexity index is 760. The summed E-state index contributed by atoms with van der Waals surface area (Å²) in [4.78, 5) is 4.80. The quantitative estimate of drug-likeness (QED) is 0.660. The van der Waals surface area contributed by atoms with Gasteiger partial charge in [-0.1, -0.05) is 0 Å². The fourth-order valence-corrected chi connectivity index (χ4v) is 3.87. The van der Waals surface area contributed by atoms with E-state index in [0.717, 1.165) is 36.6 Å². The average molecular weight is 341 g/mol. The molecule has 0 amide bonds. The predicted octanol–water partition coefficient (Wildman–Crippen LogP) is 2.40. The van der Waals surface area contributed by atoms with Gasteiger partial charge in [-0.25, -0.2) is 4.98 Å². The van der Waals surface area contributed by atoms with Crippen molar-refractivity contribution in [3.63, 3.8) is 0 Å². The Morgan fingerprint density at radius 2 is 2.00 bits per heavy atom. The molecule has 0 radical (unpaired) electrons. The zero-order valence-electron chi connectivity index (χ0n) is 13.2. The fourth-order valence-electron chi connectivity index (χ4n) is 2.87. The molecule has 0 atom stereocenters. The molecule has 8 heteroatoms. The maximum atomic E-state index is 4.80. The summed E-state index contributed by atoms with van der Waals surface area (Å²) >= 11 is 1.79. The van der Waals surface area contributed by atoms with E-state index in [4.69, 9.17) is 4.98 Å². The molecule has 1 aliphatic heterocycles. The van der Waals surface area contributed by atoms with Crippen LogP contribution in [0.3, 0.4) is 0 Å². The molecule has 1 aliphatic rings. The number of benzene rings is 1. The van der Waals surface area contributed by atoms with E-state index in [2.05, 4.69) is 36.6 Å². The molecule has 124 valence electrons. The highest BCUT2D eigenvalue weighted by atomic mass is 32.1. The van der Waals surface area contributed by atoms with Gasteiger partial charge in [0.1, 0.15) is 0 Å². The molecular weight excluding hydrogens is 322 g/mol. The van der Waals surface area contributed by atoms with Gasteiger partial charge in [-0.05, 0) is 55.4 Å². The van der Waals surface area contributed by atoms with Crippen LogP contribution < -0.4 is 10.6 Å². The smallest absolute Gasteiger partial charge is 0.204 e. The minimum atomic E-state index is 0.604. The number of nitrogens with one attached hydrogen (secondary N) is 3. The van der Waals surface area contributed by atoms with Gasteiger partial charge >= 0.3 is 0 Å². The molecule has 3 N–H and O–H groups in total. The van der Waals surface area contributed by atoms with Gasteiger partial charge in [-0.3, -0.25) is 0 Å². The highest BCUT2D eigenvalue weighted by Crippen LogP contribution is 2.28. The standard InChI is InChI=1S/C16H19N7S/c1-3-13(4-2-11(1)15-20-22-23-21-15)18-9-14-10-24-16(19-14)12-5-7-17-8-6-12/h1-4,10,12,17-18H,5-9H2,(H,20,21,22,23). The van der Waals surface area contributed by atoms with Gasteiger partial charge in [0.05, 0.1) is 17.2 Å². The first-order chi connectivity index (χ1) is 11.9. The van der Waals surface area contributed by atoms with Crippen molar-refractivity contribution in [2.24, 2.45) is 0 Å². The van der Waals surface area contributed by atoms with Crippen molar-refractivity contribution in [1.82, 2.24) is 30.9 Å². The Morgan fingerprint density at radius 1 is 1.17 bits per heavy atom. The molecular formula is C16H19N7S. The Labute approximate surface area is 143 Å². The van der Waals surface area contributed by atoms with Crippen molar-refractivity contribution in [2.75, 3.05) is 18.4 Å². The number of H-pyrrole nitrogens is 1. The van der Waals surface area contributed by atoms with Gasteiger partial charge in [0.15, 0.2) is 0 Å². The van der Waals surface area contributed by atoms with Crippen LogP contribution in [0, 0.1) is 0 Å². The second-order valence-electron chi connectivity index (χ2n) is 5.87. The molecule has 1 aromatic carbocycles. The van der Waals surface area contributed by atoms with Gasteiger partial charge in [0, 0.05) is 22.5 Å². The maximum absolute atomic E-state index is 4.80. The summed E-state index contributed by atoms with van der Waals surface area (Å²) < 4.78 is 0. The van der Waals surface area contributed by atoms with Crippen LogP contribution >= 0.6 is 11.3 Å². The van der Waals surface area contributed by atoms with Crippen molar-refractivity contribution >= 4 is 17.0 Å². The molecule has 7 nitrogen and oxygen atoms in total. The number of thiazole rings is 1. The third kappa shape index (κ3) is 3.44. The van der Waals surface area contributed by atoms with Crippen LogP contribution in [0.4, 0.5) is 5.69 Å². The third-order valence-electron chi connectivity index (χ3n) is 4.22. The van der Waals surface area contributed by atoms with Crippen molar-refractivity contribution < 1.29 is 0 Å². The van der Waals surface area contributed by atoms with E-state index in [1.54, 1.807) is 11.3 Å². The fraction of sp³-hybridized carbons (Fsp3) is 0.375. The molecule has 0 unspecified atom stereocenters. The second-order valence-corrected chi connectivity index (χ2v) is 6.76. The van der Waals surface area contributed by atoms with Crippen LogP contribution in [-0.4, -0.2) is 38.7 Å². The van der Waals surface area contributed by atoms with E-state index in [1.807, 2.05) is 24.3 Å². The third-order valence-corrected chi connectivity index (χ3v) is 5.28. The first-order valence-electron chi connectivity index (χ1n) is 8.11. The molecule has 2 aromatic heterocycles. The summed E-state index contributed by atoms with van der Waals surface area (Å²) in [6, 6.07) is 8.00. The van der Waals surface area contributed by atoms with Crippen molar-refractivity contribution in [3.05, 3.63) is 40.3 Å². The van der Waals surface area contributed by atoms with Gasteiger partial charge in [-0.15, -0.1) is 21.5 Å². The normalized spacial score (nSPS) is 15.5. The summed E-state index contributed by atoms with van der Waals surface area (Å²) in [6.07, 6.45) is 2.38. The lowest BCUT2D eigenvalue weighted by Gasteiger charge is -2.20. The molecule has 3 heterocycles. The summed E-state index contributed by atoms with van der Waals surface area (Å²) in [7, 11) is 0. The van der Waals surface area contributed by atoms with Crippen LogP contribution in [0.15, 0.2) is 29.6 Å². The number of hydrogen-bond donors (Lipinski definition) is 3. The van der Waals surface area contributed by atoms with E-state index < -0.39 is 0 Å². The Hall–Kier alpha value is -2.32. The van der Waals surface area contributed by atoms with Gasteiger partial charge < -0.3 is 10.6 Å². The summed E-state index contributed by atoms with van der Waals surface area (Å²) in [5, 5.41) is 24.3. The molecule has 0 aliphatic carbocycles. The highest BCUT2D eigenvalue weighted by Gasteiger charge is 2.18. The molecule has 0 spiro atoms. The second kappa shape index (κ2) is 7.06. The van der Waals surface area contributed by atoms with Crippen LogP contribution in [0.25, 0.3) is 11.4 Å². The number of aromatic nitrogens is 5. The first-order valence-corrected chi connectivity index (χ1v) is 8.99. The lowest BCUT2D eigenvalue weighted by Crippen LogP contribution is -2.26. The Morgan fingerprint density at radius 3 is 2.75 bits per heavy atom. The maximum Gasteiger partial charge on any atom is 0.204 e. The van der Waals surface area contributed by atoms with E-state index >= 15 is 0 Å². The minimum absolute atomic E-state index is 0.604. The van der Waals surface area contributed by atoms with E-state index in [9.17, 15) is 0 Å². The van der Waals surface area contributed by atoms with Gasteiger partial charge in [0.25, 0.3) is 0 Å². The number of hydrogen-bond acceptors (Lipinski definition) is 7. The van der Waals surface area contributed by atoms with Gasteiger partial charge in [0.2, 0.25) is 5.82 Å². The summed E-state index contributed by atoms with van der Waals surface area (Å²) in [5.41, 5.74) is 3.10. The minimum Gasteiger partial charge on any atom is -0.379 e. The molecule has 3 aromatic rings. The summed E-state index contributed by atoms with van der Waals surface area (Å²) in [5.74, 6) is 1.23. The van der Waals surface area contributed by atoms with Crippen molar-refractivity contribution in [3.8, 4) is 11.4 Å². The van der Waals surface area contributed by atoms with E-state index in [1.165, 1.54) is 17.8 Å². The number of nitrogens with zero attached hydrogens (tertiary/aromatic N) is 4. The number of rotatable bonds is 5. The molecule has 1 saturated heterocycles. The van der Waals surface area contributed by atoms with Crippen LogP contribution in [0.1, 0.15) is 29.5 Å². The topological polar surface area (TPSA) is 91.4 Å². The number of anilines is 1. The number of aromatic amines is 1. The highest BCUT2D eigenvalue weighted by molar-refractivity contribution is 7.09. The largest absolute Gasteiger partial charge is 0.379 e. The van der Waals surface area contributed by atoms with Crippen molar-refractivity contribution in [1.29, 1.82) is 0 Å². The Balaban J connectivity index is 1.36. The van der Waals surface area contributed by atoms with E-state index in [0.29, 0.717) is 11.7 Å². The summed E-state index contributed by atoms with van der Waals surface area (Å²) in [6.45, 7) is 2.94. The zero-order chi connectivity index (χ0) is 16.2. The lowest BCUT2D eigenvalue weighted by atomic mass is 9.99. The van der Waals surface area contributed by atoms with Crippen LogP contribution in [0.2, 0.25) is 0 Å². The molecule has 24 heavy (non-hydrogen) atoms. The Kier molecular flexibility index (Phi) is 4.48. The molecule has 0 bridgehead atoms. The molecule has 4 rings (SSSR count). The van der Waals surface area contributed by atoms with Gasteiger partial charge in [-0.2, -0.15) is 5.21 Å². The average Bonchev–Trinajstić information content (AvgIpc) is 3.33. The number of tetrazole rings is 1. The number of piperidine rings is 1. The molecule has 1 fully saturated rings. The van der Waals surface area contributed by atoms with E-state index in [-0.39, 0.29) is 0 Å². The lowest BCUT2D eigenvalue weighted by molar-refractivity contribution is 0.458. The predicted molar refractivity (Wildman–Crippen MR) is 93.9 cm³/mol. The first kappa shape index (κ1) is 15.2. The monoisotopic (exact) mass is 341 g/mol. The zero-order valence-corrected chi connectivity index (χ0v) is 14.0. The van der Waals surface area contributed by atoms with Crippen molar-refractivity contribution in [2.45, 2.75) is 25.3 Å². The van der Waals surface area contributed by atoms with Crippen LogP contribution in [0.5, 0.6) is 0 Å². The SMILES string of the molecule is c1cc(-c2nn[nH]n2)ccc1NCc1csc(C2CCNCC2)n1. The molecule has 0 saturated carbocycles. The van der Waals surface area contributed by atoms with Crippen LogP contribution in [-0.2, 0) is 6.54 Å².